The fourth-order valence-electron chi connectivity index (χ4n) is 2.65. The van der Waals surface area contributed by atoms with Gasteiger partial charge in [-0.15, -0.1) is 0 Å². The van der Waals surface area contributed by atoms with Crippen molar-refractivity contribution in [2.24, 2.45) is 0 Å². The van der Waals surface area contributed by atoms with E-state index in [2.05, 4.69) is 20.8 Å². The molecule has 24 heavy (non-hydrogen) atoms. The maximum atomic E-state index is 10.3. The molecule has 0 atom stereocenters. The summed E-state index contributed by atoms with van der Waals surface area (Å²) in [5.74, 6) is -0.653. The second-order valence-corrected chi connectivity index (χ2v) is 7.09. The second kappa shape index (κ2) is 24.7. The number of carboxylic acids is 1. The molecule has 0 aliphatic carbocycles. The normalized spacial score (nSPS) is 10.3. The van der Waals surface area contributed by atoms with E-state index in [1.165, 1.54) is 96.3 Å². The molecule has 0 spiro atoms. The molecule has 0 fully saturated rings. The SMILES string of the molecule is CCCC.CCCCCCCCCCCCCCCCCC(=O)O. The highest BCUT2D eigenvalue weighted by Crippen LogP contribution is 2.13. The average Bonchev–Trinajstić information content (AvgIpc) is 2.58. The van der Waals surface area contributed by atoms with Gasteiger partial charge in [-0.2, -0.15) is 0 Å². The molecule has 1 N–H and O–H groups in total. The van der Waals surface area contributed by atoms with Crippen molar-refractivity contribution < 1.29 is 9.90 Å². The highest BCUT2D eigenvalue weighted by atomic mass is 16.4. The Morgan fingerprint density at radius 1 is 0.500 bits per heavy atom. The predicted octanol–water partition coefficient (Wildman–Crippen LogP) is 8.14. The summed E-state index contributed by atoms with van der Waals surface area (Å²) in [7, 11) is 0. The number of aliphatic carboxylic acids is 1. The number of hydrogen-bond acceptors (Lipinski definition) is 1. The lowest BCUT2D eigenvalue weighted by Crippen LogP contribution is -1.93. The molecule has 0 aromatic rings. The average molecular weight is 343 g/mol. The molecule has 0 heterocycles. The molecule has 0 rings (SSSR count). The third-order valence-electron chi connectivity index (χ3n) is 4.49. The number of unbranched alkanes of at least 4 members (excludes halogenated alkanes) is 15. The van der Waals surface area contributed by atoms with Crippen LogP contribution in [0.3, 0.4) is 0 Å². The molecule has 2 heteroatoms. The van der Waals surface area contributed by atoms with Crippen molar-refractivity contribution >= 4 is 5.97 Å². The lowest BCUT2D eigenvalue weighted by molar-refractivity contribution is -0.137. The molecule has 0 bridgehead atoms. The molecule has 0 aliphatic heterocycles. The first-order chi connectivity index (χ1) is 11.7. The third kappa shape index (κ3) is 29.5. The topological polar surface area (TPSA) is 37.3 Å². The van der Waals surface area contributed by atoms with E-state index in [1.807, 2.05) is 0 Å². The molecule has 0 radical (unpaired) electrons. The van der Waals surface area contributed by atoms with Gasteiger partial charge < -0.3 is 5.11 Å². The van der Waals surface area contributed by atoms with Crippen molar-refractivity contribution in [2.45, 2.75) is 136 Å². The van der Waals surface area contributed by atoms with Crippen LogP contribution < -0.4 is 0 Å². The van der Waals surface area contributed by atoms with Crippen molar-refractivity contribution in [2.75, 3.05) is 0 Å². The standard InChI is InChI=1S/C18H36O2.C4H10/c1-2-3-4-5-6-7-8-9-10-11-12-13-14-15-16-17-18(19)20;1-3-4-2/h2-17H2,1H3,(H,19,20);3-4H2,1-2H3. The molecule has 0 unspecified atom stereocenters. The molecular formula is C22H46O2. The zero-order valence-electron chi connectivity index (χ0n) is 17.1. The molecule has 2 nitrogen and oxygen atoms in total. The van der Waals surface area contributed by atoms with E-state index in [9.17, 15) is 4.79 Å². The van der Waals surface area contributed by atoms with E-state index in [0.29, 0.717) is 6.42 Å². The Labute approximate surface area is 152 Å². The van der Waals surface area contributed by atoms with Crippen molar-refractivity contribution in [3.63, 3.8) is 0 Å². The lowest BCUT2D eigenvalue weighted by atomic mass is 10.0. The van der Waals surface area contributed by atoms with E-state index in [-0.39, 0.29) is 0 Å². The van der Waals surface area contributed by atoms with Gasteiger partial charge in [0.25, 0.3) is 0 Å². The maximum absolute atomic E-state index is 10.3. The van der Waals surface area contributed by atoms with Gasteiger partial charge in [0, 0.05) is 6.42 Å². The predicted molar refractivity (Wildman–Crippen MR) is 108 cm³/mol. The van der Waals surface area contributed by atoms with Crippen LogP contribution >= 0.6 is 0 Å². The van der Waals surface area contributed by atoms with E-state index in [1.54, 1.807) is 0 Å². The van der Waals surface area contributed by atoms with Crippen molar-refractivity contribution in [3.8, 4) is 0 Å². The van der Waals surface area contributed by atoms with Crippen LogP contribution in [0.5, 0.6) is 0 Å². The van der Waals surface area contributed by atoms with Crippen LogP contribution in [0.15, 0.2) is 0 Å². The Kier molecular flexibility index (Phi) is 26.5. The van der Waals surface area contributed by atoms with E-state index < -0.39 is 5.97 Å². The smallest absolute Gasteiger partial charge is 0.303 e. The minimum Gasteiger partial charge on any atom is -0.481 e. The molecule has 146 valence electrons. The Balaban J connectivity index is 0. The Bertz CT molecular complexity index is 224. The molecule has 0 saturated carbocycles. The van der Waals surface area contributed by atoms with E-state index in [0.717, 1.165) is 12.8 Å². The summed E-state index contributed by atoms with van der Waals surface area (Å²) in [5.41, 5.74) is 0. The first-order valence-electron chi connectivity index (χ1n) is 10.9. The molecule has 0 saturated heterocycles. The minimum absolute atomic E-state index is 0.345. The van der Waals surface area contributed by atoms with Gasteiger partial charge in [0.05, 0.1) is 0 Å². The largest absolute Gasteiger partial charge is 0.481 e. The lowest BCUT2D eigenvalue weighted by Gasteiger charge is -2.03. The van der Waals surface area contributed by atoms with Gasteiger partial charge in [-0.25, -0.2) is 0 Å². The second-order valence-electron chi connectivity index (χ2n) is 7.09. The zero-order valence-corrected chi connectivity index (χ0v) is 17.1. The van der Waals surface area contributed by atoms with Gasteiger partial charge >= 0.3 is 5.97 Å². The number of carboxylic acid groups (broad SMARTS) is 1. The summed E-state index contributed by atoms with van der Waals surface area (Å²) in [4.78, 5) is 10.3. The fraction of sp³-hybridized carbons (Fsp3) is 0.955. The van der Waals surface area contributed by atoms with Crippen LogP contribution in [0.25, 0.3) is 0 Å². The zero-order chi connectivity index (χ0) is 18.3. The summed E-state index contributed by atoms with van der Waals surface area (Å²) >= 11 is 0. The third-order valence-corrected chi connectivity index (χ3v) is 4.49. The van der Waals surface area contributed by atoms with Gasteiger partial charge in [-0.3, -0.25) is 4.79 Å². The highest BCUT2D eigenvalue weighted by molar-refractivity contribution is 5.66. The molecule has 0 amide bonds. The van der Waals surface area contributed by atoms with E-state index >= 15 is 0 Å². The van der Waals surface area contributed by atoms with Crippen LogP contribution in [0, 0.1) is 0 Å². The monoisotopic (exact) mass is 342 g/mol. The summed E-state index contributed by atoms with van der Waals surface area (Å²) < 4.78 is 0. The number of carbonyl (C=O) groups is 1. The van der Waals surface area contributed by atoms with Crippen molar-refractivity contribution in [1.29, 1.82) is 0 Å². The highest BCUT2D eigenvalue weighted by Gasteiger charge is 1.97. The number of rotatable bonds is 17. The van der Waals surface area contributed by atoms with Crippen molar-refractivity contribution in [3.05, 3.63) is 0 Å². The molecule has 0 aromatic carbocycles. The van der Waals surface area contributed by atoms with Crippen molar-refractivity contribution in [1.82, 2.24) is 0 Å². The summed E-state index contributed by atoms with van der Waals surface area (Å²) in [6.45, 7) is 6.63. The Hall–Kier alpha value is -0.530. The van der Waals surface area contributed by atoms with Gasteiger partial charge in [0.2, 0.25) is 0 Å². The summed E-state index contributed by atoms with van der Waals surface area (Å²) in [6.07, 6.45) is 22.8. The van der Waals surface area contributed by atoms with Gasteiger partial charge in [0.15, 0.2) is 0 Å². The van der Waals surface area contributed by atoms with Crippen LogP contribution in [-0.4, -0.2) is 11.1 Å². The maximum Gasteiger partial charge on any atom is 0.303 e. The molecule has 0 aromatic heterocycles. The first-order valence-corrected chi connectivity index (χ1v) is 10.9. The van der Waals surface area contributed by atoms with E-state index in [4.69, 9.17) is 5.11 Å². The first kappa shape index (κ1) is 25.7. The van der Waals surface area contributed by atoms with Crippen LogP contribution in [0.4, 0.5) is 0 Å². The summed E-state index contributed by atoms with van der Waals surface area (Å²) in [6, 6.07) is 0. The van der Waals surface area contributed by atoms with Gasteiger partial charge in [-0.1, -0.05) is 124 Å². The van der Waals surface area contributed by atoms with Gasteiger partial charge in [-0.05, 0) is 6.42 Å². The molecular weight excluding hydrogens is 296 g/mol. The fourth-order valence-corrected chi connectivity index (χ4v) is 2.65. The molecule has 0 aliphatic rings. The Morgan fingerprint density at radius 2 is 0.792 bits per heavy atom. The van der Waals surface area contributed by atoms with Crippen LogP contribution in [0.1, 0.15) is 136 Å². The quantitative estimate of drug-likeness (QED) is 0.271. The van der Waals surface area contributed by atoms with Crippen LogP contribution in [-0.2, 0) is 4.79 Å². The van der Waals surface area contributed by atoms with Gasteiger partial charge in [0.1, 0.15) is 0 Å². The summed E-state index contributed by atoms with van der Waals surface area (Å²) in [5, 5.41) is 8.52. The number of hydrogen-bond donors (Lipinski definition) is 1. The van der Waals surface area contributed by atoms with Crippen LogP contribution in [0.2, 0.25) is 0 Å². The Morgan fingerprint density at radius 3 is 1.04 bits per heavy atom. The minimum atomic E-state index is -0.653.